The molecular formula is C20H26N2OS2. The summed E-state index contributed by atoms with van der Waals surface area (Å²) in [6.07, 6.45) is 6.24. The first-order valence-corrected chi connectivity index (χ1v) is 10.8. The molecule has 2 heterocycles. The number of nitrogens with zero attached hydrogens (tertiary/aromatic N) is 2. The number of thiophene rings is 1. The van der Waals surface area contributed by atoms with Gasteiger partial charge in [0.05, 0.1) is 9.90 Å². The van der Waals surface area contributed by atoms with Gasteiger partial charge in [-0.25, -0.2) is 9.97 Å². The van der Waals surface area contributed by atoms with Crippen molar-refractivity contribution in [3.8, 4) is 11.3 Å². The number of rotatable bonds is 4. The Morgan fingerprint density at radius 2 is 2.08 bits per heavy atom. The lowest BCUT2D eigenvalue weighted by atomic mass is 9.73. The van der Waals surface area contributed by atoms with Gasteiger partial charge in [-0.1, -0.05) is 34.6 Å². The largest absolute Gasteiger partial charge is 0.299 e. The molecule has 0 spiro atoms. The van der Waals surface area contributed by atoms with Crippen molar-refractivity contribution < 1.29 is 4.79 Å². The molecule has 0 saturated carbocycles. The van der Waals surface area contributed by atoms with Crippen molar-refractivity contribution in [1.82, 2.24) is 9.97 Å². The van der Waals surface area contributed by atoms with E-state index in [1.165, 1.54) is 20.9 Å². The predicted molar refractivity (Wildman–Crippen MR) is 107 cm³/mol. The Morgan fingerprint density at radius 1 is 1.36 bits per heavy atom. The fourth-order valence-electron chi connectivity index (χ4n) is 3.30. The van der Waals surface area contributed by atoms with Crippen LogP contribution in [0.1, 0.15) is 58.0 Å². The summed E-state index contributed by atoms with van der Waals surface area (Å²) in [6, 6.07) is 0. The van der Waals surface area contributed by atoms with Gasteiger partial charge < -0.3 is 0 Å². The summed E-state index contributed by atoms with van der Waals surface area (Å²) in [5.74, 6) is 1.04. The van der Waals surface area contributed by atoms with E-state index >= 15 is 0 Å². The van der Waals surface area contributed by atoms with Crippen LogP contribution in [0.15, 0.2) is 15.8 Å². The zero-order valence-corrected chi connectivity index (χ0v) is 17.5. The van der Waals surface area contributed by atoms with Gasteiger partial charge in [-0.05, 0) is 29.0 Å². The minimum atomic E-state index is -0.303. The van der Waals surface area contributed by atoms with Crippen LogP contribution in [0.4, 0.5) is 0 Å². The van der Waals surface area contributed by atoms with Crippen molar-refractivity contribution in [1.29, 1.82) is 0 Å². The van der Waals surface area contributed by atoms with Gasteiger partial charge >= 0.3 is 0 Å². The number of aromatic nitrogens is 2. The lowest BCUT2D eigenvalue weighted by molar-refractivity contribution is -0.126. The van der Waals surface area contributed by atoms with Gasteiger partial charge in [-0.15, -0.1) is 23.1 Å². The van der Waals surface area contributed by atoms with Crippen LogP contribution in [0.25, 0.3) is 11.3 Å². The molecule has 1 aliphatic rings. The summed E-state index contributed by atoms with van der Waals surface area (Å²) < 4.78 is 1.32. The molecular weight excluding hydrogens is 348 g/mol. The molecule has 0 bridgehead atoms. The fraction of sp³-hybridized carbons (Fsp3) is 0.550. The molecule has 0 radical (unpaired) electrons. The Labute approximate surface area is 158 Å². The third kappa shape index (κ3) is 3.54. The number of hydrogen-bond acceptors (Lipinski definition) is 5. The number of carbonyl (C=O) groups excluding carboxylic acids is 1. The average molecular weight is 375 g/mol. The van der Waals surface area contributed by atoms with E-state index in [0.29, 0.717) is 12.8 Å². The highest BCUT2D eigenvalue weighted by Crippen LogP contribution is 2.48. The molecule has 3 nitrogen and oxygen atoms in total. The standard InChI is InChI=1S/C20H26N2OS2/c1-19(2,3)14(23)7-8-15-21-10-13-17(22-15)16-12(9-20(13,4)5)11-25-18(16)24-6/h10-11H,7-9H2,1-6H3. The summed E-state index contributed by atoms with van der Waals surface area (Å²) >= 11 is 3.59. The fourth-order valence-corrected chi connectivity index (χ4v) is 5.06. The molecule has 134 valence electrons. The zero-order valence-electron chi connectivity index (χ0n) is 15.9. The van der Waals surface area contributed by atoms with Gasteiger partial charge in [0.1, 0.15) is 11.6 Å². The number of aryl methyl sites for hydroxylation is 1. The van der Waals surface area contributed by atoms with E-state index in [-0.39, 0.29) is 16.6 Å². The second-order valence-corrected chi connectivity index (χ2v) is 10.4. The van der Waals surface area contributed by atoms with Gasteiger partial charge in [0, 0.05) is 35.6 Å². The van der Waals surface area contributed by atoms with Crippen molar-refractivity contribution in [2.75, 3.05) is 6.26 Å². The van der Waals surface area contributed by atoms with Crippen molar-refractivity contribution in [2.24, 2.45) is 5.41 Å². The molecule has 0 amide bonds. The average Bonchev–Trinajstić information content (AvgIpc) is 2.93. The van der Waals surface area contributed by atoms with E-state index in [2.05, 4.69) is 30.5 Å². The number of fused-ring (bicyclic) bond motifs is 3. The molecule has 0 aliphatic heterocycles. The van der Waals surface area contributed by atoms with Crippen molar-refractivity contribution in [3.05, 3.63) is 28.5 Å². The Kier molecular flexibility index (Phi) is 4.84. The molecule has 5 heteroatoms. The maximum Gasteiger partial charge on any atom is 0.138 e. The van der Waals surface area contributed by atoms with Gasteiger partial charge in [0.25, 0.3) is 0 Å². The second kappa shape index (κ2) is 6.51. The van der Waals surface area contributed by atoms with Crippen LogP contribution in [-0.4, -0.2) is 22.0 Å². The van der Waals surface area contributed by atoms with Crippen molar-refractivity contribution >= 4 is 28.9 Å². The minimum Gasteiger partial charge on any atom is -0.299 e. The normalized spacial score (nSPS) is 15.6. The maximum atomic E-state index is 12.2. The van der Waals surface area contributed by atoms with E-state index in [4.69, 9.17) is 4.98 Å². The van der Waals surface area contributed by atoms with Crippen molar-refractivity contribution in [3.63, 3.8) is 0 Å². The molecule has 2 aromatic rings. The number of thioether (sulfide) groups is 1. The topological polar surface area (TPSA) is 42.9 Å². The zero-order chi connectivity index (χ0) is 18.4. The first kappa shape index (κ1) is 18.6. The maximum absolute atomic E-state index is 12.2. The Morgan fingerprint density at radius 3 is 2.72 bits per heavy atom. The van der Waals surface area contributed by atoms with Crippen LogP contribution in [0.3, 0.4) is 0 Å². The van der Waals surface area contributed by atoms with Gasteiger partial charge in [-0.3, -0.25) is 4.79 Å². The van der Waals surface area contributed by atoms with Crippen molar-refractivity contribution in [2.45, 2.75) is 63.5 Å². The van der Waals surface area contributed by atoms with E-state index in [0.717, 1.165) is 17.9 Å². The van der Waals surface area contributed by atoms with Gasteiger partial charge in [0.15, 0.2) is 0 Å². The molecule has 0 unspecified atom stereocenters. The van der Waals surface area contributed by atoms with Crippen LogP contribution in [-0.2, 0) is 23.1 Å². The highest BCUT2D eigenvalue weighted by atomic mass is 32.2. The highest BCUT2D eigenvalue weighted by Gasteiger charge is 2.35. The number of carbonyl (C=O) groups is 1. The summed E-state index contributed by atoms with van der Waals surface area (Å²) in [5, 5.41) is 2.27. The SMILES string of the molecule is CSc1scc2c1-c1nc(CCC(=O)C(C)(C)C)ncc1C(C)(C)C2. The second-order valence-electron chi connectivity index (χ2n) is 8.41. The molecule has 25 heavy (non-hydrogen) atoms. The third-order valence-corrected chi connectivity index (χ3v) is 7.05. The summed E-state index contributed by atoms with van der Waals surface area (Å²) in [6.45, 7) is 10.4. The molecule has 3 rings (SSSR count). The lowest BCUT2D eigenvalue weighted by Crippen LogP contribution is -2.27. The van der Waals surface area contributed by atoms with Gasteiger partial charge in [-0.2, -0.15) is 0 Å². The van der Waals surface area contributed by atoms with Crippen LogP contribution >= 0.6 is 23.1 Å². The van der Waals surface area contributed by atoms with Gasteiger partial charge in [0.2, 0.25) is 0 Å². The van der Waals surface area contributed by atoms with Crippen LogP contribution in [0, 0.1) is 5.41 Å². The van der Waals surface area contributed by atoms with E-state index < -0.39 is 0 Å². The molecule has 0 N–H and O–H groups in total. The van der Waals surface area contributed by atoms with Crippen LogP contribution < -0.4 is 0 Å². The third-order valence-electron chi connectivity index (χ3n) is 4.87. The molecule has 1 aliphatic carbocycles. The molecule has 0 atom stereocenters. The molecule has 2 aromatic heterocycles. The van der Waals surface area contributed by atoms with Crippen LogP contribution in [0.2, 0.25) is 0 Å². The Hall–Kier alpha value is -1.20. The smallest absolute Gasteiger partial charge is 0.138 e. The molecule has 0 saturated heterocycles. The van der Waals surface area contributed by atoms with E-state index in [1.54, 1.807) is 23.1 Å². The first-order chi connectivity index (χ1) is 11.6. The van der Waals surface area contributed by atoms with E-state index in [1.807, 2.05) is 27.0 Å². The van der Waals surface area contributed by atoms with Crippen LogP contribution in [0.5, 0.6) is 0 Å². The lowest BCUT2D eigenvalue weighted by Gasteiger charge is -2.32. The summed E-state index contributed by atoms with van der Waals surface area (Å²) in [4.78, 5) is 21.7. The quantitative estimate of drug-likeness (QED) is 0.680. The Balaban J connectivity index is 1.97. The minimum absolute atomic E-state index is 0.0405. The number of Topliss-reactive ketones (excluding diaryl/α,β-unsaturated/α-hetero) is 1. The monoisotopic (exact) mass is 374 g/mol. The highest BCUT2D eigenvalue weighted by molar-refractivity contribution is 8.00. The number of ketones is 1. The summed E-state index contributed by atoms with van der Waals surface area (Å²) in [7, 11) is 0. The first-order valence-electron chi connectivity index (χ1n) is 8.68. The molecule has 0 aromatic carbocycles. The number of hydrogen-bond donors (Lipinski definition) is 0. The summed E-state index contributed by atoms with van der Waals surface area (Å²) in [5.41, 5.74) is 4.71. The van der Waals surface area contributed by atoms with E-state index in [9.17, 15) is 4.79 Å². The molecule has 0 fully saturated rings. The Bertz CT molecular complexity index is 816. The predicted octanol–water partition coefficient (Wildman–Crippen LogP) is 5.31.